The molecule has 3 aromatic rings. The maximum atomic E-state index is 9.22. The molecule has 0 saturated carbocycles. The Morgan fingerprint density at radius 3 is 2.76 bits per heavy atom. The smallest absolute Gasteiger partial charge is 0.216 e. The zero-order chi connectivity index (χ0) is 17.6. The number of rotatable bonds is 5. The van der Waals surface area contributed by atoms with Gasteiger partial charge in [-0.05, 0) is 36.4 Å². The predicted octanol–water partition coefficient (Wildman–Crippen LogP) is 3.93. The lowest BCUT2D eigenvalue weighted by Crippen LogP contribution is -1.96. The molecule has 0 radical (unpaired) electrons. The molecule has 25 heavy (non-hydrogen) atoms. The third-order valence-corrected chi connectivity index (χ3v) is 3.58. The highest BCUT2D eigenvalue weighted by atomic mass is 35.5. The van der Waals surface area contributed by atoms with Gasteiger partial charge < -0.3 is 10.1 Å². The number of nitriles is 1. The van der Waals surface area contributed by atoms with E-state index < -0.39 is 0 Å². The molecule has 0 saturated heterocycles. The van der Waals surface area contributed by atoms with Gasteiger partial charge in [0.1, 0.15) is 17.4 Å². The lowest BCUT2D eigenvalue weighted by Gasteiger charge is -2.13. The first-order valence-corrected chi connectivity index (χ1v) is 7.69. The van der Waals surface area contributed by atoms with Gasteiger partial charge in [0.2, 0.25) is 5.82 Å². The second-order valence-electron chi connectivity index (χ2n) is 5.08. The van der Waals surface area contributed by atoms with E-state index >= 15 is 0 Å². The Morgan fingerprint density at radius 1 is 1.28 bits per heavy atom. The molecule has 0 aliphatic carbocycles. The average Bonchev–Trinajstić information content (AvgIpc) is 3.14. The van der Waals surface area contributed by atoms with Crippen LogP contribution in [0.25, 0.3) is 5.57 Å². The number of hydrogen-bond donors (Lipinski definition) is 2. The maximum Gasteiger partial charge on any atom is 0.216 e. The second-order valence-corrected chi connectivity index (χ2v) is 5.49. The number of aromatic nitrogens is 4. The Hall–Kier alpha value is -3.37. The number of nitrogens with one attached hydrogen (secondary N) is 2. The highest BCUT2D eigenvalue weighted by molar-refractivity contribution is 6.32. The molecule has 124 valence electrons. The number of halogens is 1. The Balaban J connectivity index is 1.88. The molecule has 1 aromatic heterocycles. The van der Waals surface area contributed by atoms with Crippen LogP contribution in [-0.4, -0.2) is 20.6 Å². The van der Waals surface area contributed by atoms with E-state index in [0.717, 1.165) is 5.56 Å². The van der Waals surface area contributed by atoms with Crippen LogP contribution >= 0.6 is 11.6 Å². The third-order valence-electron chi connectivity index (χ3n) is 3.29. The molecule has 0 atom stereocenters. The fraction of sp³-hybridized carbons (Fsp3) is 0.0588. The Labute approximate surface area is 148 Å². The second kappa shape index (κ2) is 7.47. The van der Waals surface area contributed by atoms with Crippen LogP contribution in [0.15, 0.2) is 48.7 Å². The number of H-pyrrole nitrogens is 1. The van der Waals surface area contributed by atoms with Crippen molar-refractivity contribution in [1.29, 1.82) is 5.26 Å². The molecule has 0 spiro atoms. The Bertz CT molecular complexity index is 929. The van der Waals surface area contributed by atoms with Crippen molar-refractivity contribution in [3.8, 4) is 17.6 Å². The van der Waals surface area contributed by atoms with Crippen molar-refractivity contribution >= 4 is 22.9 Å². The van der Waals surface area contributed by atoms with Crippen molar-refractivity contribution in [2.75, 3.05) is 5.32 Å². The molecule has 1 heterocycles. The first-order valence-electron chi connectivity index (χ1n) is 7.31. The van der Waals surface area contributed by atoms with E-state index in [2.05, 4.69) is 25.9 Å². The van der Waals surface area contributed by atoms with Crippen molar-refractivity contribution in [3.05, 3.63) is 65.1 Å². The number of aromatic amines is 1. The lowest BCUT2D eigenvalue weighted by molar-refractivity contribution is 0.485. The quantitative estimate of drug-likeness (QED) is 0.675. The van der Waals surface area contributed by atoms with Crippen LogP contribution in [-0.2, 0) is 0 Å². The Kier molecular flexibility index (Phi) is 4.92. The van der Waals surface area contributed by atoms with Crippen LogP contribution in [0.4, 0.5) is 5.69 Å². The molecule has 0 aliphatic rings. The minimum absolute atomic E-state index is 0.193. The van der Waals surface area contributed by atoms with Crippen molar-refractivity contribution in [2.24, 2.45) is 0 Å². The van der Waals surface area contributed by atoms with Gasteiger partial charge in [-0.2, -0.15) is 10.5 Å². The fourth-order valence-electron chi connectivity index (χ4n) is 2.02. The molecular formula is C17H13ClN6O. The molecule has 3 rings (SSSR count). The number of allylic oxidation sites excluding steroid dienone is 1. The van der Waals surface area contributed by atoms with E-state index in [-0.39, 0.29) is 11.4 Å². The van der Waals surface area contributed by atoms with E-state index in [4.69, 9.17) is 16.3 Å². The molecular weight excluding hydrogens is 340 g/mol. The van der Waals surface area contributed by atoms with E-state index in [9.17, 15) is 5.26 Å². The highest BCUT2D eigenvalue weighted by Crippen LogP contribution is 2.36. The fourth-order valence-corrected chi connectivity index (χ4v) is 2.24. The number of tetrazole rings is 1. The molecule has 2 aromatic carbocycles. The minimum Gasteiger partial charge on any atom is -0.454 e. The van der Waals surface area contributed by atoms with Gasteiger partial charge in [-0.1, -0.05) is 35.4 Å². The van der Waals surface area contributed by atoms with Crippen molar-refractivity contribution in [2.45, 2.75) is 6.92 Å². The van der Waals surface area contributed by atoms with Crippen molar-refractivity contribution in [1.82, 2.24) is 20.6 Å². The van der Waals surface area contributed by atoms with E-state index in [1.54, 1.807) is 18.2 Å². The summed E-state index contributed by atoms with van der Waals surface area (Å²) < 4.78 is 5.90. The molecule has 0 amide bonds. The third kappa shape index (κ3) is 3.94. The molecule has 7 nitrogen and oxygen atoms in total. The summed E-state index contributed by atoms with van der Waals surface area (Å²) in [5.74, 6) is 1.30. The number of nitrogens with zero attached hydrogens (tertiary/aromatic N) is 4. The number of anilines is 1. The zero-order valence-electron chi connectivity index (χ0n) is 13.2. The van der Waals surface area contributed by atoms with Crippen LogP contribution in [0, 0.1) is 18.3 Å². The van der Waals surface area contributed by atoms with E-state index in [1.807, 2.05) is 37.3 Å². The van der Waals surface area contributed by atoms with Crippen LogP contribution in [0.3, 0.4) is 0 Å². The zero-order valence-corrected chi connectivity index (χ0v) is 13.9. The number of hydrogen-bond acceptors (Lipinski definition) is 6. The number of ether oxygens (including phenoxy) is 1. The summed E-state index contributed by atoms with van der Waals surface area (Å²) in [6, 6.07) is 14.9. The van der Waals surface area contributed by atoms with Crippen molar-refractivity contribution in [3.63, 3.8) is 0 Å². The topological polar surface area (TPSA) is 99.5 Å². The summed E-state index contributed by atoms with van der Waals surface area (Å²) in [5.41, 5.74) is 1.95. The van der Waals surface area contributed by atoms with Gasteiger partial charge in [-0.3, -0.25) is 0 Å². The predicted molar refractivity (Wildman–Crippen MR) is 94.1 cm³/mol. The monoisotopic (exact) mass is 352 g/mol. The van der Waals surface area contributed by atoms with E-state index in [0.29, 0.717) is 22.2 Å². The van der Waals surface area contributed by atoms with Crippen LogP contribution in [0.5, 0.6) is 11.5 Å². The summed E-state index contributed by atoms with van der Waals surface area (Å²) >= 11 is 6.27. The van der Waals surface area contributed by atoms with E-state index in [1.165, 1.54) is 6.20 Å². The largest absolute Gasteiger partial charge is 0.454 e. The lowest BCUT2D eigenvalue weighted by atomic mass is 10.2. The van der Waals surface area contributed by atoms with Crippen LogP contribution in [0.1, 0.15) is 11.4 Å². The molecule has 0 fully saturated rings. The van der Waals surface area contributed by atoms with Gasteiger partial charge in [0, 0.05) is 6.20 Å². The SMILES string of the molecule is Cc1ccc(Oc2c(Cl)cccc2NC=C(C#N)c2nn[nH]n2)cc1. The maximum absolute atomic E-state index is 9.22. The number of para-hydroxylation sites is 1. The Morgan fingerprint density at radius 2 is 2.08 bits per heavy atom. The molecule has 8 heteroatoms. The first-order chi connectivity index (χ1) is 12.2. The molecule has 0 aliphatic heterocycles. The van der Waals surface area contributed by atoms with Gasteiger partial charge in [-0.15, -0.1) is 10.2 Å². The molecule has 0 bridgehead atoms. The van der Waals surface area contributed by atoms with Gasteiger partial charge in [0.05, 0.1) is 10.7 Å². The number of aryl methyl sites for hydroxylation is 1. The minimum atomic E-state index is 0.193. The normalized spacial score (nSPS) is 11.0. The number of benzene rings is 2. The summed E-state index contributed by atoms with van der Waals surface area (Å²) in [6.07, 6.45) is 1.47. The van der Waals surface area contributed by atoms with Crippen LogP contribution < -0.4 is 10.1 Å². The van der Waals surface area contributed by atoms with Gasteiger partial charge >= 0.3 is 0 Å². The average molecular weight is 353 g/mol. The molecule has 2 N–H and O–H groups in total. The van der Waals surface area contributed by atoms with Crippen molar-refractivity contribution < 1.29 is 4.74 Å². The van der Waals surface area contributed by atoms with Gasteiger partial charge in [-0.25, -0.2) is 0 Å². The highest BCUT2D eigenvalue weighted by Gasteiger charge is 2.11. The summed E-state index contributed by atoms with van der Waals surface area (Å²) in [5, 5.41) is 26.0. The van der Waals surface area contributed by atoms with Gasteiger partial charge in [0.15, 0.2) is 5.75 Å². The molecule has 0 unspecified atom stereocenters. The summed E-state index contributed by atoms with van der Waals surface area (Å²) in [4.78, 5) is 0. The van der Waals surface area contributed by atoms with Gasteiger partial charge in [0.25, 0.3) is 0 Å². The van der Waals surface area contributed by atoms with Crippen LogP contribution in [0.2, 0.25) is 5.02 Å². The summed E-state index contributed by atoms with van der Waals surface area (Å²) in [7, 11) is 0. The summed E-state index contributed by atoms with van der Waals surface area (Å²) in [6.45, 7) is 2.00. The standard InChI is InChI=1S/C17H13ClN6O/c1-11-5-7-13(8-6-11)25-16-14(18)3-2-4-15(16)20-10-12(9-19)17-21-23-24-22-17/h2-8,10,20H,1H3,(H,21,22,23,24). The first kappa shape index (κ1) is 16.5.